The Morgan fingerprint density at radius 1 is 1.08 bits per heavy atom. The van der Waals surface area contributed by atoms with Gasteiger partial charge in [0, 0.05) is 6.20 Å². The van der Waals surface area contributed by atoms with Crippen molar-refractivity contribution in [3.63, 3.8) is 0 Å². The zero-order chi connectivity index (χ0) is 17.4. The summed E-state index contributed by atoms with van der Waals surface area (Å²) in [4.78, 5) is 3.94. The molecule has 0 amide bonds. The van der Waals surface area contributed by atoms with Gasteiger partial charge in [-0.25, -0.2) is 4.98 Å². The van der Waals surface area contributed by atoms with E-state index in [0.29, 0.717) is 10.7 Å². The molecule has 7 heteroatoms. The number of rotatable bonds is 3. The number of aliphatic hydroxyl groups excluding tert-OH is 4. The van der Waals surface area contributed by atoms with Crippen LogP contribution in [0.15, 0.2) is 36.5 Å². The van der Waals surface area contributed by atoms with E-state index in [1.54, 1.807) is 18.3 Å². The Morgan fingerprint density at radius 2 is 1.79 bits per heavy atom. The molecule has 5 atom stereocenters. The minimum Gasteiger partial charge on any atom is -0.387 e. The van der Waals surface area contributed by atoms with E-state index in [1.807, 2.05) is 25.1 Å². The van der Waals surface area contributed by atoms with Gasteiger partial charge in [-0.3, -0.25) is 0 Å². The second-order valence-corrected chi connectivity index (χ2v) is 6.24. The van der Waals surface area contributed by atoms with E-state index in [-0.39, 0.29) is 0 Å². The molecule has 5 unspecified atom stereocenters. The van der Waals surface area contributed by atoms with Gasteiger partial charge >= 0.3 is 0 Å². The highest BCUT2D eigenvalue weighted by atomic mass is 35.5. The molecular formula is C17H18ClNO5. The van der Waals surface area contributed by atoms with Crippen LogP contribution in [0.25, 0.3) is 11.1 Å². The molecule has 3 rings (SSSR count). The summed E-state index contributed by atoms with van der Waals surface area (Å²) < 4.78 is 5.07. The molecule has 0 aliphatic carbocycles. The molecule has 1 fully saturated rings. The molecule has 1 aromatic carbocycles. The lowest BCUT2D eigenvalue weighted by Crippen LogP contribution is -2.35. The highest BCUT2D eigenvalue weighted by molar-refractivity contribution is 6.29. The Bertz CT molecular complexity index is 741. The Hall–Kier alpha value is -1.54. The standard InChI is InChI=1S/C17H18ClNO5/c1-8-6-9(10-4-5-19-12(18)7-10)2-3-11(8)13(20)16-14(21)15(22)17(23)24-16/h2-7,13-17,20-23H,1H3. The summed E-state index contributed by atoms with van der Waals surface area (Å²) in [7, 11) is 0. The predicted molar refractivity (Wildman–Crippen MR) is 87.3 cm³/mol. The van der Waals surface area contributed by atoms with Gasteiger partial charge in [0.25, 0.3) is 0 Å². The number of aryl methyl sites for hydroxylation is 1. The zero-order valence-corrected chi connectivity index (χ0v) is 13.6. The van der Waals surface area contributed by atoms with Gasteiger partial charge in [0.2, 0.25) is 0 Å². The van der Waals surface area contributed by atoms with Crippen molar-refractivity contribution in [3.8, 4) is 11.1 Å². The third kappa shape index (κ3) is 3.17. The van der Waals surface area contributed by atoms with E-state index < -0.39 is 30.7 Å². The average molecular weight is 352 g/mol. The van der Waals surface area contributed by atoms with E-state index in [1.165, 1.54) is 0 Å². The summed E-state index contributed by atoms with van der Waals surface area (Å²) >= 11 is 5.90. The van der Waals surface area contributed by atoms with Crippen LogP contribution in [0.1, 0.15) is 17.2 Å². The maximum atomic E-state index is 10.5. The molecular weight excluding hydrogens is 334 g/mol. The summed E-state index contributed by atoms with van der Waals surface area (Å²) in [5.41, 5.74) is 3.12. The molecule has 1 aromatic heterocycles. The first-order valence-electron chi connectivity index (χ1n) is 7.48. The van der Waals surface area contributed by atoms with Crippen LogP contribution in [0.2, 0.25) is 5.15 Å². The van der Waals surface area contributed by atoms with Crippen LogP contribution < -0.4 is 0 Å². The van der Waals surface area contributed by atoms with Crippen LogP contribution in [0.3, 0.4) is 0 Å². The number of ether oxygens (including phenoxy) is 1. The molecule has 1 saturated heterocycles. The van der Waals surface area contributed by atoms with Crippen LogP contribution in [-0.4, -0.2) is 50.0 Å². The van der Waals surface area contributed by atoms with Crippen molar-refractivity contribution in [2.75, 3.05) is 0 Å². The van der Waals surface area contributed by atoms with Gasteiger partial charge in [0.15, 0.2) is 6.29 Å². The van der Waals surface area contributed by atoms with E-state index in [4.69, 9.17) is 16.3 Å². The lowest BCUT2D eigenvalue weighted by Gasteiger charge is -2.23. The molecule has 2 heterocycles. The van der Waals surface area contributed by atoms with Gasteiger partial charge in [0.1, 0.15) is 29.6 Å². The second-order valence-electron chi connectivity index (χ2n) is 5.86. The molecule has 24 heavy (non-hydrogen) atoms. The maximum Gasteiger partial charge on any atom is 0.184 e. The van der Waals surface area contributed by atoms with Crippen molar-refractivity contribution >= 4 is 11.6 Å². The molecule has 128 valence electrons. The summed E-state index contributed by atoms with van der Waals surface area (Å²) in [6.45, 7) is 1.82. The molecule has 0 bridgehead atoms. The molecule has 0 saturated carbocycles. The number of aliphatic hydroxyl groups is 4. The van der Waals surface area contributed by atoms with E-state index in [2.05, 4.69) is 4.98 Å². The van der Waals surface area contributed by atoms with Crippen molar-refractivity contribution < 1.29 is 25.2 Å². The van der Waals surface area contributed by atoms with Gasteiger partial charge in [0.05, 0.1) is 0 Å². The highest BCUT2D eigenvalue weighted by Crippen LogP contribution is 2.33. The summed E-state index contributed by atoms with van der Waals surface area (Å²) in [6.07, 6.45) is -4.99. The van der Waals surface area contributed by atoms with Crippen LogP contribution in [0, 0.1) is 6.92 Å². The maximum absolute atomic E-state index is 10.5. The number of hydrogen-bond donors (Lipinski definition) is 4. The smallest absolute Gasteiger partial charge is 0.184 e. The fourth-order valence-corrected chi connectivity index (χ4v) is 3.07. The van der Waals surface area contributed by atoms with E-state index in [9.17, 15) is 20.4 Å². The second kappa shape index (κ2) is 6.76. The predicted octanol–water partition coefficient (Wildman–Crippen LogP) is 1.18. The molecule has 1 aliphatic heterocycles. The van der Waals surface area contributed by atoms with Crippen molar-refractivity contribution in [2.24, 2.45) is 0 Å². The van der Waals surface area contributed by atoms with Crippen LogP contribution in [0.5, 0.6) is 0 Å². The third-order valence-electron chi connectivity index (χ3n) is 4.23. The number of aromatic nitrogens is 1. The van der Waals surface area contributed by atoms with E-state index in [0.717, 1.165) is 16.7 Å². The minimum atomic E-state index is -1.52. The first-order chi connectivity index (χ1) is 11.4. The molecule has 0 radical (unpaired) electrons. The Kier molecular flexibility index (Phi) is 4.87. The normalized spacial score (nSPS) is 28.1. The summed E-state index contributed by atoms with van der Waals surface area (Å²) in [5.74, 6) is 0. The Morgan fingerprint density at radius 3 is 2.38 bits per heavy atom. The van der Waals surface area contributed by atoms with Gasteiger partial charge in [-0.15, -0.1) is 0 Å². The first-order valence-corrected chi connectivity index (χ1v) is 7.86. The van der Waals surface area contributed by atoms with Crippen molar-refractivity contribution in [1.29, 1.82) is 0 Å². The minimum absolute atomic E-state index is 0.389. The zero-order valence-electron chi connectivity index (χ0n) is 12.9. The Balaban J connectivity index is 1.87. The number of halogens is 1. The topological polar surface area (TPSA) is 103 Å². The van der Waals surface area contributed by atoms with Crippen molar-refractivity contribution in [3.05, 3.63) is 52.8 Å². The quantitative estimate of drug-likeness (QED) is 0.619. The Labute approximate surface area is 143 Å². The lowest BCUT2D eigenvalue weighted by molar-refractivity contribution is -0.146. The summed E-state index contributed by atoms with van der Waals surface area (Å²) in [5, 5.41) is 39.8. The average Bonchev–Trinajstić information content (AvgIpc) is 2.82. The number of benzene rings is 1. The van der Waals surface area contributed by atoms with Gasteiger partial charge in [-0.1, -0.05) is 29.8 Å². The lowest BCUT2D eigenvalue weighted by atomic mass is 9.93. The monoisotopic (exact) mass is 351 g/mol. The molecule has 2 aromatic rings. The van der Waals surface area contributed by atoms with Crippen LogP contribution in [0.4, 0.5) is 0 Å². The van der Waals surface area contributed by atoms with Crippen molar-refractivity contribution in [2.45, 2.75) is 37.6 Å². The molecule has 0 spiro atoms. The van der Waals surface area contributed by atoms with Gasteiger partial charge < -0.3 is 25.2 Å². The van der Waals surface area contributed by atoms with Crippen LogP contribution in [-0.2, 0) is 4.74 Å². The van der Waals surface area contributed by atoms with Crippen LogP contribution >= 0.6 is 11.6 Å². The first kappa shape index (κ1) is 17.3. The fourth-order valence-electron chi connectivity index (χ4n) is 2.89. The number of hydrogen-bond acceptors (Lipinski definition) is 6. The number of nitrogens with zero attached hydrogens (tertiary/aromatic N) is 1. The largest absolute Gasteiger partial charge is 0.387 e. The van der Waals surface area contributed by atoms with Gasteiger partial charge in [-0.2, -0.15) is 0 Å². The molecule has 4 N–H and O–H groups in total. The summed E-state index contributed by atoms with van der Waals surface area (Å²) in [6, 6.07) is 8.97. The van der Waals surface area contributed by atoms with E-state index >= 15 is 0 Å². The van der Waals surface area contributed by atoms with Gasteiger partial charge in [-0.05, 0) is 41.3 Å². The SMILES string of the molecule is Cc1cc(-c2ccnc(Cl)c2)ccc1C(O)C1OC(O)C(O)C1O. The highest BCUT2D eigenvalue weighted by Gasteiger charge is 2.45. The number of pyridine rings is 1. The molecule has 6 nitrogen and oxygen atoms in total. The fraction of sp³-hybridized carbons (Fsp3) is 0.353. The van der Waals surface area contributed by atoms with Crippen molar-refractivity contribution in [1.82, 2.24) is 4.98 Å². The molecule has 1 aliphatic rings. The third-order valence-corrected chi connectivity index (χ3v) is 4.44.